The molecule has 0 radical (unpaired) electrons. The molecule has 2 atom stereocenters. The third-order valence-corrected chi connectivity index (χ3v) is 7.46. The topological polar surface area (TPSA) is 112 Å². The van der Waals surface area contributed by atoms with E-state index in [1.807, 2.05) is 0 Å². The third kappa shape index (κ3) is 6.42. The number of rotatable bonds is 8. The smallest absolute Gasteiger partial charge is 0.236 e. The Balaban J connectivity index is 1.50. The molecule has 2 aromatic rings. The highest BCUT2D eigenvalue weighted by Gasteiger charge is 2.33. The number of carbonyl (C=O) groups excluding carboxylic acids is 2. The first-order valence-corrected chi connectivity index (χ1v) is 13.1. The number of benzene rings is 1. The number of likely N-dealkylation sites (N-methyl/N-ethyl adjacent to an activating group) is 1. The number of hydrogen-bond donors (Lipinski definition) is 3. The average molecular weight is 530 g/mol. The lowest BCUT2D eigenvalue weighted by Crippen LogP contribution is -2.37. The van der Waals surface area contributed by atoms with E-state index in [0.717, 1.165) is 50.9 Å². The van der Waals surface area contributed by atoms with E-state index >= 15 is 0 Å². The van der Waals surface area contributed by atoms with Gasteiger partial charge in [0.15, 0.2) is 5.82 Å². The molecule has 1 aromatic heterocycles. The second kappa shape index (κ2) is 12.0. The van der Waals surface area contributed by atoms with Crippen LogP contribution in [0.25, 0.3) is 0 Å². The molecule has 2 aliphatic rings. The van der Waals surface area contributed by atoms with Gasteiger partial charge in [-0.05, 0) is 48.9 Å². The zero-order valence-electron chi connectivity index (χ0n) is 21.9. The van der Waals surface area contributed by atoms with Crippen molar-refractivity contribution in [1.82, 2.24) is 25.1 Å². The first kappa shape index (κ1) is 26.9. The number of halogens is 1. The molecule has 200 valence electrons. The molecule has 2 unspecified atom stereocenters. The maximum atomic E-state index is 12.3. The number of carbonyl (C=O) groups is 2. The molecular weight excluding hydrogens is 494 g/mol. The van der Waals surface area contributed by atoms with E-state index in [4.69, 9.17) is 16.3 Å². The largest absolute Gasteiger partial charge is 0.495 e. The Morgan fingerprint density at radius 2 is 1.92 bits per heavy atom. The van der Waals surface area contributed by atoms with E-state index < -0.39 is 0 Å². The maximum Gasteiger partial charge on any atom is 0.236 e. The molecule has 37 heavy (non-hydrogen) atoms. The molecule has 1 aliphatic carbocycles. The third-order valence-electron chi connectivity index (χ3n) is 7.19. The molecule has 1 fully saturated rings. The number of nitrogens with zero attached hydrogens (tertiary/aromatic N) is 4. The van der Waals surface area contributed by atoms with Crippen molar-refractivity contribution in [3.63, 3.8) is 0 Å². The predicted octanol–water partition coefficient (Wildman–Crippen LogP) is 2.70. The van der Waals surface area contributed by atoms with Crippen molar-refractivity contribution in [2.75, 3.05) is 58.5 Å². The van der Waals surface area contributed by atoms with E-state index in [0.29, 0.717) is 29.1 Å². The lowest BCUT2D eigenvalue weighted by Gasteiger charge is -2.21. The van der Waals surface area contributed by atoms with Crippen molar-refractivity contribution in [2.45, 2.75) is 38.1 Å². The van der Waals surface area contributed by atoms with E-state index in [-0.39, 0.29) is 23.8 Å². The minimum absolute atomic E-state index is 0.0258. The number of anilines is 3. The van der Waals surface area contributed by atoms with Crippen LogP contribution < -0.4 is 20.7 Å². The Morgan fingerprint density at radius 3 is 2.59 bits per heavy atom. The zero-order valence-corrected chi connectivity index (χ0v) is 22.7. The summed E-state index contributed by atoms with van der Waals surface area (Å²) >= 11 is 6.41. The molecule has 1 saturated carbocycles. The molecule has 1 aliphatic heterocycles. The van der Waals surface area contributed by atoms with Crippen LogP contribution in [-0.2, 0) is 22.4 Å². The average Bonchev–Trinajstić information content (AvgIpc) is 3.26. The van der Waals surface area contributed by atoms with Gasteiger partial charge in [-0.1, -0.05) is 18.0 Å². The Bertz CT molecular complexity index is 1140. The molecule has 2 heterocycles. The van der Waals surface area contributed by atoms with Crippen LogP contribution in [0.5, 0.6) is 5.75 Å². The van der Waals surface area contributed by atoms with Crippen LogP contribution in [-0.4, -0.2) is 85.5 Å². The van der Waals surface area contributed by atoms with E-state index in [1.54, 1.807) is 39.3 Å². The number of amides is 2. The highest BCUT2D eigenvalue weighted by molar-refractivity contribution is 6.32. The first-order chi connectivity index (χ1) is 17.8. The van der Waals surface area contributed by atoms with Gasteiger partial charge in [-0.15, -0.1) is 0 Å². The maximum absolute atomic E-state index is 12.3. The highest BCUT2D eigenvalue weighted by atomic mass is 35.5. The molecular formula is C26H36ClN7O3. The number of hydrogen-bond acceptors (Lipinski definition) is 8. The van der Waals surface area contributed by atoms with Crippen molar-refractivity contribution in [2.24, 2.45) is 5.92 Å². The number of fused-ring (bicyclic) bond motifs is 1. The van der Waals surface area contributed by atoms with Crippen molar-refractivity contribution >= 4 is 40.9 Å². The van der Waals surface area contributed by atoms with Gasteiger partial charge in [0.25, 0.3) is 0 Å². The van der Waals surface area contributed by atoms with Crippen LogP contribution in [0.4, 0.5) is 17.5 Å². The summed E-state index contributed by atoms with van der Waals surface area (Å²) < 4.78 is 5.68. The fourth-order valence-electron chi connectivity index (χ4n) is 5.02. The zero-order chi connectivity index (χ0) is 26.5. The number of methoxy groups -OCH3 is 1. The van der Waals surface area contributed by atoms with Gasteiger partial charge in [0.05, 0.1) is 31.5 Å². The summed E-state index contributed by atoms with van der Waals surface area (Å²) in [6.45, 7) is 2.03. The van der Waals surface area contributed by atoms with Crippen LogP contribution in [0, 0.1) is 5.92 Å². The monoisotopic (exact) mass is 529 g/mol. The van der Waals surface area contributed by atoms with Crippen LogP contribution in [0.3, 0.4) is 0 Å². The van der Waals surface area contributed by atoms with Gasteiger partial charge in [0, 0.05) is 40.3 Å². The van der Waals surface area contributed by atoms with Gasteiger partial charge in [0.2, 0.25) is 17.8 Å². The highest BCUT2D eigenvalue weighted by Crippen LogP contribution is 2.34. The first-order valence-electron chi connectivity index (χ1n) is 12.7. The molecule has 4 rings (SSSR count). The summed E-state index contributed by atoms with van der Waals surface area (Å²) in [7, 11) is 6.86. The second-order valence-electron chi connectivity index (χ2n) is 9.80. The van der Waals surface area contributed by atoms with Gasteiger partial charge in [-0.2, -0.15) is 4.98 Å². The van der Waals surface area contributed by atoms with Crippen LogP contribution in [0.15, 0.2) is 18.3 Å². The summed E-state index contributed by atoms with van der Waals surface area (Å²) in [4.78, 5) is 37.2. The van der Waals surface area contributed by atoms with Crippen molar-refractivity contribution in [3.8, 4) is 5.75 Å². The Hall–Kier alpha value is -3.11. The molecule has 0 spiro atoms. The van der Waals surface area contributed by atoms with Gasteiger partial charge in [0.1, 0.15) is 10.8 Å². The van der Waals surface area contributed by atoms with Gasteiger partial charge < -0.3 is 25.6 Å². The standard InChI is InChI=1S/C26H36ClN7O3/c1-28-25(36)18-6-5-7-20(18)30-24-19(27)14-29-26(32-24)31-21-12-16-8-10-34(15-23(35)33(2)3)11-9-17(16)13-22(21)37-4/h12-14,18,20H,5-11,15H2,1-4H3,(H,28,36)(H2,29,30,31,32). The molecule has 0 saturated heterocycles. The van der Waals surface area contributed by atoms with Gasteiger partial charge >= 0.3 is 0 Å². The number of nitrogens with one attached hydrogen (secondary N) is 3. The van der Waals surface area contributed by atoms with Gasteiger partial charge in [-0.3, -0.25) is 14.5 Å². The summed E-state index contributed by atoms with van der Waals surface area (Å²) in [6, 6.07) is 4.09. The summed E-state index contributed by atoms with van der Waals surface area (Å²) in [5, 5.41) is 9.80. The van der Waals surface area contributed by atoms with Crippen molar-refractivity contribution in [1.29, 1.82) is 0 Å². The van der Waals surface area contributed by atoms with Crippen LogP contribution in [0.1, 0.15) is 30.4 Å². The lowest BCUT2D eigenvalue weighted by molar-refractivity contribution is -0.130. The number of aromatic nitrogens is 2. The molecule has 11 heteroatoms. The summed E-state index contributed by atoms with van der Waals surface area (Å²) in [6.07, 6.45) is 5.89. The minimum atomic E-state index is -0.121. The fourth-order valence-corrected chi connectivity index (χ4v) is 5.16. The minimum Gasteiger partial charge on any atom is -0.495 e. The van der Waals surface area contributed by atoms with E-state index in [9.17, 15) is 9.59 Å². The predicted molar refractivity (Wildman–Crippen MR) is 145 cm³/mol. The van der Waals surface area contributed by atoms with E-state index in [1.165, 1.54) is 11.1 Å². The molecule has 3 N–H and O–H groups in total. The van der Waals surface area contributed by atoms with Gasteiger partial charge in [-0.25, -0.2) is 4.98 Å². The Kier molecular flexibility index (Phi) is 8.71. The fraction of sp³-hybridized carbons (Fsp3) is 0.538. The summed E-state index contributed by atoms with van der Waals surface area (Å²) in [5.74, 6) is 1.58. The molecule has 0 bridgehead atoms. The quantitative estimate of drug-likeness (QED) is 0.478. The second-order valence-corrected chi connectivity index (χ2v) is 10.2. The van der Waals surface area contributed by atoms with Crippen LogP contribution in [0.2, 0.25) is 5.02 Å². The molecule has 1 aromatic carbocycles. The lowest BCUT2D eigenvalue weighted by atomic mass is 10.0. The Morgan fingerprint density at radius 1 is 1.19 bits per heavy atom. The molecule has 10 nitrogen and oxygen atoms in total. The SMILES string of the molecule is CNC(=O)C1CCCC1Nc1nc(Nc2cc3c(cc2OC)CCN(CC(=O)N(C)C)CC3)ncc1Cl. The van der Waals surface area contributed by atoms with E-state index in [2.05, 4.69) is 43.0 Å². The Labute approximate surface area is 223 Å². The number of ether oxygens (including phenoxy) is 1. The summed E-state index contributed by atoms with van der Waals surface area (Å²) in [5.41, 5.74) is 3.18. The van der Waals surface area contributed by atoms with Crippen molar-refractivity contribution in [3.05, 3.63) is 34.5 Å². The molecule has 2 amide bonds. The van der Waals surface area contributed by atoms with Crippen molar-refractivity contribution < 1.29 is 14.3 Å². The normalized spacial score (nSPS) is 19.5. The van der Waals surface area contributed by atoms with Crippen LogP contribution >= 0.6 is 11.6 Å².